The van der Waals surface area contributed by atoms with Crippen LogP contribution in [0.5, 0.6) is 0 Å². The third kappa shape index (κ3) is 5.55. The van der Waals surface area contributed by atoms with Crippen molar-refractivity contribution in [1.29, 1.82) is 0 Å². The molecule has 0 amide bonds. The van der Waals surface area contributed by atoms with Crippen molar-refractivity contribution in [1.82, 2.24) is 15.0 Å². The molecular formula is C29H25N3O7. The van der Waals surface area contributed by atoms with Crippen molar-refractivity contribution >= 4 is 17.9 Å². The van der Waals surface area contributed by atoms with Crippen LogP contribution in [-0.2, 0) is 18.9 Å². The first-order valence-corrected chi connectivity index (χ1v) is 12.2. The van der Waals surface area contributed by atoms with Gasteiger partial charge in [0.1, 0.15) is 6.61 Å². The lowest BCUT2D eigenvalue weighted by molar-refractivity contribution is -0.110. The number of aromatic nitrogens is 3. The molecule has 1 fully saturated rings. The Morgan fingerprint density at radius 2 is 1.38 bits per heavy atom. The largest absolute Gasteiger partial charge is 0.458 e. The Morgan fingerprint density at radius 3 is 1.92 bits per heavy atom. The second-order valence-electron chi connectivity index (χ2n) is 8.98. The van der Waals surface area contributed by atoms with Gasteiger partial charge in [-0.05, 0) is 43.3 Å². The Kier molecular flexibility index (Phi) is 7.46. The molecule has 0 unspecified atom stereocenters. The molecule has 0 saturated carbocycles. The van der Waals surface area contributed by atoms with E-state index in [0.717, 1.165) is 0 Å². The summed E-state index contributed by atoms with van der Waals surface area (Å²) < 4.78 is 25.1. The van der Waals surface area contributed by atoms with Crippen molar-refractivity contribution in [3.05, 3.63) is 120 Å². The topological polar surface area (TPSA) is 119 Å². The fourth-order valence-corrected chi connectivity index (χ4v) is 4.23. The van der Waals surface area contributed by atoms with Crippen LogP contribution in [0, 0.1) is 6.92 Å². The van der Waals surface area contributed by atoms with Gasteiger partial charge in [-0.25, -0.2) is 19.1 Å². The van der Waals surface area contributed by atoms with E-state index in [2.05, 4.69) is 10.3 Å². The SMILES string of the molecule is Cc1cnnn1[C@@H]1OC[C@@](COC(=O)c2ccccc2)(OC(=O)c2ccccc2)[C@H]1OC(=O)c1ccccc1. The molecule has 1 aromatic heterocycles. The van der Waals surface area contributed by atoms with E-state index in [1.165, 1.54) is 10.9 Å². The molecule has 10 nitrogen and oxygen atoms in total. The van der Waals surface area contributed by atoms with Crippen molar-refractivity contribution in [2.75, 3.05) is 13.2 Å². The van der Waals surface area contributed by atoms with Crippen molar-refractivity contribution in [3.8, 4) is 0 Å². The van der Waals surface area contributed by atoms with Crippen LogP contribution in [0.1, 0.15) is 43.0 Å². The first kappa shape index (κ1) is 25.8. The number of carbonyl (C=O) groups is 3. The van der Waals surface area contributed by atoms with Gasteiger partial charge in [0.2, 0.25) is 5.60 Å². The van der Waals surface area contributed by atoms with E-state index >= 15 is 0 Å². The summed E-state index contributed by atoms with van der Waals surface area (Å²) in [5.74, 6) is -2.02. The highest BCUT2D eigenvalue weighted by molar-refractivity contribution is 5.91. The van der Waals surface area contributed by atoms with E-state index < -0.39 is 42.4 Å². The number of nitrogens with zero attached hydrogens (tertiary/aromatic N) is 3. The number of rotatable bonds is 8. The summed E-state index contributed by atoms with van der Waals surface area (Å²) >= 11 is 0. The number of ether oxygens (including phenoxy) is 4. The van der Waals surface area contributed by atoms with Crippen LogP contribution < -0.4 is 0 Å². The van der Waals surface area contributed by atoms with Crippen LogP contribution in [0.25, 0.3) is 0 Å². The first-order chi connectivity index (χ1) is 19.0. The van der Waals surface area contributed by atoms with Crippen LogP contribution >= 0.6 is 0 Å². The predicted molar refractivity (Wildman–Crippen MR) is 137 cm³/mol. The van der Waals surface area contributed by atoms with Crippen molar-refractivity contribution in [3.63, 3.8) is 0 Å². The standard InChI is InChI=1S/C29H25N3O7/c1-20-17-30-31-32(20)25-24(38-27(34)22-13-7-3-8-14-22)29(18-36-25,39-28(35)23-15-9-4-10-16-23)19-37-26(33)21-11-5-2-6-12-21/h2-17,24-25H,18-19H2,1H3/t24-,25+,29-/m0/s1. The molecule has 4 aromatic rings. The molecular weight excluding hydrogens is 502 g/mol. The Bertz CT molecular complexity index is 1440. The molecule has 0 radical (unpaired) electrons. The second kappa shape index (κ2) is 11.3. The minimum Gasteiger partial charge on any atom is -0.458 e. The Balaban J connectivity index is 1.52. The molecule has 5 rings (SSSR count). The summed E-state index contributed by atoms with van der Waals surface area (Å²) in [5, 5.41) is 7.98. The summed E-state index contributed by atoms with van der Waals surface area (Å²) in [6, 6.07) is 25.1. The monoisotopic (exact) mass is 527 g/mol. The number of hydrogen-bond donors (Lipinski definition) is 0. The van der Waals surface area contributed by atoms with Gasteiger partial charge >= 0.3 is 17.9 Å². The van der Waals surface area contributed by atoms with Gasteiger partial charge in [-0.2, -0.15) is 0 Å². The zero-order valence-corrected chi connectivity index (χ0v) is 21.0. The molecule has 198 valence electrons. The molecule has 10 heteroatoms. The van der Waals surface area contributed by atoms with Crippen LogP contribution in [0.4, 0.5) is 0 Å². The fraction of sp³-hybridized carbons (Fsp3) is 0.207. The van der Waals surface area contributed by atoms with E-state index in [-0.39, 0.29) is 17.7 Å². The fourth-order valence-electron chi connectivity index (χ4n) is 4.23. The Labute approximate surface area is 224 Å². The van der Waals surface area contributed by atoms with Gasteiger partial charge in [-0.3, -0.25) is 0 Å². The van der Waals surface area contributed by atoms with Crippen LogP contribution in [0.3, 0.4) is 0 Å². The molecule has 0 N–H and O–H groups in total. The highest BCUT2D eigenvalue weighted by Crippen LogP contribution is 2.39. The molecule has 1 saturated heterocycles. The molecule has 1 aliphatic rings. The quantitative estimate of drug-likeness (QED) is 0.249. The molecule has 3 atom stereocenters. The number of esters is 3. The third-order valence-electron chi connectivity index (χ3n) is 6.28. The Hall–Kier alpha value is -4.83. The zero-order valence-electron chi connectivity index (χ0n) is 21.0. The number of benzene rings is 3. The van der Waals surface area contributed by atoms with E-state index in [0.29, 0.717) is 11.3 Å². The maximum absolute atomic E-state index is 13.3. The van der Waals surface area contributed by atoms with Crippen molar-refractivity contribution in [2.45, 2.75) is 24.9 Å². The number of aryl methyl sites for hydroxylation is 1. The van der Waals surface area contributed by atoms with Gasteiger partial charge in [0.15, 0.2) is 12.3 Å². The van der Waals surface area contributed by atoms with Crippen molar-refractivity contribution in [2.24, 2.45) is 0 Å². The summed E-state index contributed by atoms with van der Waals surface area (Å²) in [5.41, 5.74) is -0.234. The average Bonchev–Trinajstić information content (AvgIpc) is 3.56. The summed E-state index contributed by atoms with van der Waals surface area (Å²) in [6.45, 7) is 1.06. The lowest BCUT2D eigenvalue weighted by Gasteiger charge is -2.33. The first-order valence-electron chi connectivity index (χ1n) is 12.2. The highest BCUT2D eigenvalue weighted by Gasteiger charge is 2.58. The van der Waals surface area contributed by atoms with Gasteiger partial charge in [-0.1, -0.05) is 59.8 Å². The normalized spacial score (nSPS) is 20.2. The van der Waals surface area contributed by atoms with E-state index in [4.69, 9.17) is 18.9 Å². The second-order valence-corrected chi connectivity index (χ2v) is 8.98. The predicted octanol–water partition coefficient (Wildman–Crippen LogP) is 3.79. The molecule has 2 heterocycles. The molecule has 0 spiro atoms. The number of hydrogen-bond acceptors (Lipinski definition) is 9. The van der Waals surface area contributed by atoms with Gasteiger partial charge in [0, 0.05) is 0 Å². The van der Waals surface area contributed by atoms with E-state index in [1.54, 1.807) is 97.9 Å². The molecule has 39 heavy (non-hydrogen) atoms. The molecule has 0 aliphatic carbocycles. The minimum atomic E-state index is -1.70. The Morgan fingerprint density at radius 1 is 0.846 bits per heavy atom. The maximum Gasteiger partial charge on any atom is 0.339 e. The molecule has 1 aliphatic heterocycles. The molecule has 3 aromatic carbocycles. The lowest BCUT2D eigenvalue weighted by atomic mass is 9.98. The van der Waals surface area contributed by atoms with Crippen LogP contribution in [0.2, 0.25) is 0 Å². The smallest absolute Gasteiger partial charge is 0.339 e. The summed E-state index contributed by atoms with van der Waals surface area (Å²) in [6.07, 6.45) is -0.744. The van der Waals surface area contributed by atoms with Gasteiger partial charge in [0.25, 0.3) is 0 Å². The average molecular weight is 528 g/mol. The molecule has 0 bridgehead atoms. The van der Waals surface area contributed by atoms with Gasteiger partial charge in [0.05, 0.1) is 35.2 Å². The summed E-state index contributed by atoms with van der Waals surface area (Å²) in [7, 11) is 0. The lowest BCUT2D eigenvalue weighted by Crippen LogP contribution is -2.53. The minimum absolute atomic E-state index is 0.246. The zero-order chi connectivity index (χ0) is 27.2. The van der Waals surface area contributed by atoms with Crippen molar-refractivity contribution < 1.29 is 33.3 Å². The third-order valence-corrected chi connectivity index (χ3v) is 6.28. The highest BCUT2D eigenvalue weighted by atomic mass is 16.7. The van der Waals surface area contributed by atoms with Crippen LogP contribution in [0.15, 0.2) is 97.2 Å². The number of carbonyl (C=O) groups excluding carboxylic acids is 3. The van der Waals surface area contributed by atoms with Gasteiger partial charge < -0.3 is 18.9 Å². The summed E-state index contributed by atoms with van der Waals surface area (Å²) in [4.78, 5) is 39.4. The van der Waals surface area contributed by atoms with E-state index in [9.17, 15) is 14.4 Å². The van der Waals surface area contributed by atoms with E-state index in [1.807, 2.05) is 0 Å². The van der Waals surface area contributed by atoms with Crippen LogP contribution in [-0.4, -0.2) is 57.8 Å². The van der Waals surface area contributed by atoms with Gasteiger partial charge in [-0.15, -0.1) is 5.10 Å². The maximum atomic E-state index is 13.3.